The number of phenols is 1. The summed E-state index contributed by atoms with van der Waals surface area (Å²) in [5, 5.41) is 9.28. The molecule has 0 aliphatic carbocycles. The topological polar surface area (TPSA) is 66.8 Å². The van der Waals surface area contributed by atoms with Crippen LogP contribution in [0.3, 0.4) is 0 Å². The molecular weight excluding hydrogens is 258 g/mol. The monoisotopic (exact) mass is 277 g/mol. The van der Waals surface area contributed by atoms with Crippen LogP contribution >= 0.6 is 0 Å². The Kier molecular flexibility index (Phi) is 4.61. The SMILES string of the molecule is CCOC(=O)C(=O)N1CCC(c2ccc(O)cc2)CC1. The number of carbonyl (C=O) groups is 2. The molecule has 1 N–H and O–H groups in total. The first-order chi connectivity index (χ1) is 9.61. The number of benzene rings is 1. The van der Waals surface area contributed by atoms with Gasteiger partial charge < -0.3 is 14.7 Å². The number of ether oxygens (including phenoxy) is 1. The lowest BCUT2D eigenvalue weighted by atomic mass is 9.89. The molecule has 0 radical (unpaired) electrons. The molecular formula is C15H19NO4. The van der Waals surface area contributed by atoms with E-state index in [1.807, 2.05) is 12.1 Å². The zero-order valence-electron chi connectivity index (χ0n) is 11.5. The van der Waals surface area contributed by atoms with E-state index in [4.69, 9.17) is 4.74 Å². The highest BCUT2D eigenvalue weighted by Gasteiger charge is 2.28. The Hall–Kier alpha value is -2.04. The summed E-state index contributed by atoms with van der Waals surface area (Å²) in [6.07, 6.45) is 1.63. The van der Waals surface area contributed by atoms with Gasteiger partial charge in [-0.05, 0) is 43.4 Å². The molecule has 1 aliphatic heterocycles. The van der Waals surface area contributed by atoms with Gasteiger partial charge >= 0.3 is 11.9 Å². The van der Waals surface area contributed by atoms with E-state index in [1.54, 1.807) is 24.0 Å². The number of hydrogen-bond donors (Lipinski definition) is 1. The maximum atomic E-state index is 11.8. The maximum Gasteiger partial charge on any atom is 0.397 e. The predicted molar refractivity (Wildman–Crippen MR) is 73.3 cm³/mol. The van der Waals surface area contributed by atoms with Crippen molar-refractivity contribution < 1.29 is 19.4 Å². The lowest BCUT2D eigenvalue weighted by molar-refractivity contribution is -0.160. The standard InChI is InChI=1S/C15H19NO4/c1-2-20-15(19)14(18)16-9-7-12(8-10-16)11-3-5-13(17)6-4-11/h3-6,12,17H,2,7-10H2,1H3. The van der Waals surface area contributed by atoms with Crippen LogP contribution in [0.15, 0.2) is 24.3 Å². The summed E-state index contributed by atoms with van der Waals surface area (Å²) in [5.41, 5.74) is 1.16. The number of esters is 1. The normalized spacial score (nSPS) is 15.9. The maximum absolute atomic E-state index is 11.8. The van der Waals surface area contributed by atoms with E-state index < -0.39 is 11.9 Å². The molecule has 0 bridgehead atoms. The van der Waals surface area contributed by atoms with Crippen molar-refractivity contribution in [1.82, 2.24) is 4.90 Å². The van der Waals surface area contributed by atoms with Crippen molar-refractivity contribution in [2.24, 2.45) is 0 Å². The molecule has 1 saturated heterocycles. The highest BCUT2D eigenvalue weighted by atomic mass is 16.5. The minimum absolute atomic E-state index is 0.217. The number of piperidine rings is 1. The van der Waals surface area contributed by atoms with E-state index in [1.165, 1.54) is 0 Å². The van der Waals surface area contributed by atoms with E-state index in [-0.39, 0.29) is 12.4 Å². The molecule has 1 heterocycles. The molecule has 1 aromatic carbocycles. The second-order valence-electron chi connectivity index (χ2n) is 4.88. The zero-order valence-corrected chi connectivity index (χ0v) is 11.5. The second-order valence-corrected chi connectivity index (χ2v) is 4.88. The fraction of sp³-hybridized carbons (Fsp3) is 0.467. The van der Waals surface area contributed by atoms with Crippen LogP contribution in [-0.4, -0.2) is 41.6 Å². The summed E-state index contributed by atoms with van der Waals surface area (Å²) in [6.45, 7) is 3.02. The van der Waals surface area contributed by atoms with Gasteiger partial charge in [0.25, 0.3) is 0 Å². The van der Waals surface area contributed by atoms with Gasteiger partial charge in [-0.1, -0.05) is 12.1 Å². The molecule has 0 atom stereocenters. The first-order valence-corrected chi connectivity index (χ1v) is 6.86. The molecule has 108 valence electrons. The van der Waals surface area contributed by atoms with E-state index >= 15 is 0 Å². The van der Waals surface area contributed by atoms with Gasteiger partial charge in [0.05, 0.1) is 6.61 Å². The highest BCUT2D eigenvalue weighted by Crippen LogP contribution is 2.29. The molecule has 0 aromatic heterocycles. The first-order valence-electron chi connectivity index (χ1n) is 6.86. The lowest BCUT2D eigenvalue weighted by Gasteiger charge is -2.31. The van der Waals surface area contributed by atoms with Crippen LogP contribution in [0.2, 0.25) is 0 Å². The molecule has 1 fully saturated rings. The Morgan fingerprint density at radius 2 is 1.85 bits per heavy atom. The van der Waals surface area contributed by atoms with Crippen molar-refractivity contribution in [2.75, 3.05) is 19.7 Å². The van der Waals surface area contributed by atoms with Crippen molar-refractivity contribution in [2.45, 2.75) is 25.7 Å². The third-order valence-electron chi connectivity index (χ3n) is 3.60. The van der Waals surface area contributed by atoms with Crippen LogP contribution in [0.4, 0.5) is 0 Å². The van der Waals surface area contributed by atoms with E-state index in [0.29, 0.717) is 19.0 Å². The summed E-state index contributed by atoms with van der Waals surface area (Å²) >= 11 is 0. The summed E-state index contributed by atoms with van der Waals surface area (Å²) in [7, 11) is 0. The molecule has 5 heteroatoms. The van der Waals surface area contributed by atoms with Gasteiger partial charge in [-0.15, -0.1) is 0 Å². The number of likely N-dealkylation sites (tertiary alicyclic amines) is 1. The van der Waals surface area contributed by atoms with E-state index in [0.717, 1.165) is 18.4 Å². The van der Waals surface area contributed by atoms with Crippen molar-refractivity contribution in [3.8, 4) is 5.75 Å². The molecule has 20 heavy (non-hydrogen) atoms. The van der Waals surface area contributed by atoms with Gasteiger partial charge in [0.15, 0.2) is 0 Å². The quantitative estimate of drug-likeness (QED) is 0.659. The number of phenolic OH excluding ortho intramolecular Hbond substituents is 1. The molecule has 1 aliphatic rings. The van der Waals surface area contributed by atoms with Crippen LogP contribution in [0.5, 0.6) is 5.75 Å². The minimum Gasteiger partial charge on any atom is -0.508 e. The zero-order chi connectivity index (χ0) is 14.5. The summed E-state index contributed by atoms with van der Waals surface area (Å²) in [4.78, 5) is 24.7. The third-order valence-corrected chi connectivity index (χ3v) is 3.60. The van der Waals surface area contributed by atoms with E-state index in [9.17, 15) is 14.7 Å². The Morgan fingerprint density at radius 1 is 1.25 bits per heavy atom. The molecule has 2 rings (SSSR count). The van der Waals surface area contributed by atoms with Gasteiger partial charge in [-0.25, -0.2) is 4.79 Å². The number of aromatic hydroxyl groups is 1. The van der Waals surface area contributed by atoms with Crippen LogP contribution in [0.25, 0.3) is 0 Å². The number of rotatable bonds is 2. The van der Waals surface area contributed by atoms with Gasteiger partial charge in [0, 0.05) is 13.1 Å². The smallest absolute Gasteiger partial charge is 0.397 e. The Labute approximate surface area is 118 Å². The molecule has 0 spiro atoms. The van der Waals surface area contributed by atoms with E-state index in [2.05, 4.69) is 0 Å². The van der Waals surface area contributed by atoms with Crippen molar-refractivity contribution in [1.29, 1.82) is 0 Å². The van der Waals surface area contributed by atoms with Gasteiger partial charge in [0.2, 0.25) is 0 Å². The summed E-state index contributed by atoms with van der Waals surface area (Å²) in [6, 6.07) is 7.16. The van der Waals surface area contributed by atoms with Crippen LogP contribution in [0.1, 0.15) is 31.2 Å². The molecule has 0 unspecified atom stereocenters. The molecule has 1 amide bonds. The van der Waals surface area contributed by atoms with Crippen LogP contribution < -0.4 is 0 Å². The number of amides is 1. The fourth-order valence-corrected chi connectivity index (χ4v) is 2.48. The molecule has 0 saturated carbocycles. The van der Waals surface area contributed by atoms with Gasteiger partial charge in [0.1, 0.15) is 5.75 Å². The Morgan fingerprint density at radius 3 is 2.40 bits per heavy atom. The summed E-state index contributed by atoms with van der Waals surface area (Å²) in [5.74, 6) is -0.697. The third kappa shape index (κ3) is 3.29. The average molecular weight is 277 g/mol. The van der Waals surface area contributed by atoms with Crippen LogP contribution in [-0.2, 0) is 14.3 Å². The lowest BCUT2D eigenvalue weighted by Crippen LogP contribution is -2.42. The number of hydrogen-bond acceptors (Lipinski definition) is 4. The first kappa shape index (κ1) is 14.4. The highest BCUT2D eigenvalue weighted by molar-refractivity contribution is 6.32. The number of carbonyl (C=O) groups excluding carboxylic acids is 2. The molecule has 5 nitrogen and oxygen atoms in total. The van der Waals surface area contributed by atoms with Gasteiger partial charge in [-0.2, -0.15) is 0 Å². The largest absolute Gasteiger partial charge is 0.508 e. The average Bonchev–Trinajstić information content (AvgIpc) is 2.48. The van der Waals surface area contributed by atoms with Gasteiger partial charge in [-0.3, -0.25) is 4.79 Å². The predicted octanol–water partition coefficient (Wildman–Crippen LogP) is 1.66. The van der Waals surface area contributed by atoms with Crippen molar-refractivity contribution in [3.05, 3.63) is 29.8 Å². The molecule has 1 aromatic rings. The van der Waals surface area contributed by atoms with Crippen molar-refractivity contribution in [3.63, 3.8) is 0 Å². The minimum atomic E-state index is -0.768. The second kappa shape index (κ2) is 6.41. The fourth-order valence-electron chi connectivity index (χ4n) is 2.48. The number of nitrogens with zero attached hydrogens (tertiary/aromatic N) is 1. The summed E-state index contributed by atoms with van der Waals surface area (Å²) < 4.78 is 4.72. The Bertz CT molecular complexity index is 475. The Balaban J connectivity index is 1.90. The van der Waals surface area contributed by atoms with Crippen LogP contribution in [0, 0.1) is 0 Å². The van der Waals surface area contributed by atoms with Crippen molar-refractivity contribution >= 4 is 11.9 Å².